The number of rotatable bonds is 5. The first-order chi connectivity index (χ1) is 12.7. The van der Waals surface area contributed by atoms with E-state index in [1.165, 1.54) is 32.1 Å². The molecular weight excluding hydrogens is 334 g/mol. The molecule has 1 heterocycles. The molecule has 1 saturated heterocycles. The highest BCUT2D eigenvalue weighted by atomic mass is 16.3. The summed E-state index contributed by atoms with van der Waals surface area (Å²) in [6.45, 7) is 15.8. The fraction of sp³-hybridized carbons (Fsp3) is 0.750. The van der Waals surface area contributed by atoms with Gasteiger partial charge in [-0.15, -0.1) is 0 Å². The average Bonchev–Trinajstić information content (AvgIpc) is 3.13. The lowest BCUT2D eigenvalue weighted by Crippen LogP contribution is -2.35. The van der Waals surface area contributed by atoms with Crippen LogP contribution in [0, 0.1) is 0 Å². The van der Waals surface area contributed by atoms with Gasteiger partial charge >= 0.3 is 0 Å². The molecule has 1 unspecified atom stereocenters. The predicted molar refractivity (Wildman–Crippen MR) is 123 cm³/mol. The second kappa shape index (κ2) is 23.1. The maximum Gasteiger partial charge on any atom is 0.0679 e. The van der Waals surface area contributed by atoms with Gasteiger partial charge in [0.25, 0.3) is 0 Å². The number of likely N-dealkylation sites (tertiary alicyclic amines) is 1. The van der Waals surface area contributed by atoms with E-state index in [-0.39, 0.29) is 20.1 Å². The molecule has 3 nitrogen and oxygen atoms in total. The zero-order chi connectivity index (χ0) is 20.2. The van der Waals surface area contributed by atoms with Crippen molar-refractivity contribution in [1.29, 1.82) is 0 Å². The minimum atomic E-state index is -0.0353. The normalized spacial score (nSPS) is 20.3. The summed E-state index contributed by atoms with van der Waals surface area (Å²) in [6, 6.07) is 0.802. The van der Waals surface area contributed by atoms with E-state index in [9.17, 15) is 5.11 Å². The Morgan fingerprint density at radius 1 is 1.07 bits per heavy atom. The van der Waals surface area contributed by atoms with E-state index in [1.807, 2.05) is 52.8 Å². The fourth-order valence-corrected chi connectivity index (χ4v) is 3.26. The Labute approximate surface area is 170 Å². The molecule has 1 atom stereocenters. The fourth-order valence-electron chi connectivity index (χ4n) is 3.26. The van der Waals surface area contributed by atoms with Gasteiger partial charge in [-0.2, -0.15) is 0 Å². The molecule has 0 amide bonds. The van der Waals surface area contributed by atoms with Crippen LogP contribution in [0.3, 0.4) is 0 Å². The lowest BCUT2D eigenvalue weighted by Gasteiger charge is -2.30. The quantitative estimate of drug-likeness (QED) is 0.561. The predicted octanol–water partition coefficient (Wildman–Crippen LogP) is 6.13. The van der Waals surface area contributed by atoms with Crippen molar-refractivity contribution < 1.29 is 10.2 Å². The third-order valence-corrected chi connectivity index (χ3v) is 4.40. The second-order valence-electron chi connectivity index (χ2n) is 6.18. The minimum Gasteiger partial charge on any atom is -0.396 e. The van der Waals surface area contributed by atoms with E-state index in [1.54, 1.807) is 6.08 Å². The molecular formula is C24H49NO2. The van der Waals surface area contributed by atoms with Crippen molar-refractivity contribution in [3.8, 4) is 0 Å². The van der Waals surface area contributed by atoms with Gasteiger partial charge in [0, 0.05) is 25.7 Å². The molecule has 0 aromatic carbocycles. The van der Waals surface area contributed by atoms with Crippen LogP contribution in [-0.4, -0.2) is 47.0 Å². The van der Waals surface area contributed by atoms with Gasteiger partial charge in [0.15, 0.2) is 0 Å². The lowest BCUT2D eigenvalue weighted by atomic mass is 9.94. The van der Waals surface area contributed by atoms with E-state index in [0.29, 0.717) is 6.42 Å². The molecule has 2 N–H and O–H groups in total. The van der Waals surface area contributed by atoms with Gasteiger partial charge < -0.3 is 10.2 Å². The Bertz CT molecular complexity index is 355. The SMILES string of the molecule is C.C=C/C=C(\C=C/C)CCO.CC.CC.OC1CCN(C2CCCCC2)C1. The van der Waals surface area contributed by atoms with Crippen LogP contribution >= 0.6 is 0 Å². The zero-order valence-electron chi connectivity index (χ0n) is 18.1. The first kappa shape index (κ1) is 30.8. The van der Waals surface area contributed by atoms with Crippen molar-refractivity contribution in [2.45, 2.75) is 99.1 Å². The zero-order valence-corrected chi connectivity index (χ0v) is 18.1. The summed E-state index contributed by atoms with van der Waals surface area (Å²) >= 11 is 0. The average molecular weight is 384 g/mol. The third kappa shape index (κ3) is 15.8. The number of allylic oxidation sites excluding steroid dienone is 4. The van der Waals surface area contributed by atoms with Crippen LogP contribution in [0.2, 0.25) is 0 Å². The summed E-state index contributed by atoms with van der Waals surface area (Å²) in [6.07, 6.45) is 16.2. The molecule has 2 aliphatic rings. The standard InChI is InChI=1S/C10H19NO.C9H14O.2C2H6.CH4/c12-10-6-7-11(8-10)9-4-2-1-3-5-9;1-3-5-9(6-4-2)7-8-10;2*1-2;/h9-10,12H,1-8H2;3-6,10H,1,7-8H2,2H3;2*1-2H3;1H4/b;6-4-,9-5+;;;. The Hall–Kier alpha value is -0.900. The Kier molecular flexibility index (Phi) is 26.4. The monoisotopic (exact) mass is 383 g/mol. The van der Waals surface area contributed by atoms with Gasteiger partial charge in [-0.25, -0.2) is 0 Å². The smallest absolute Gasteiger partial charge is 0.0679 e. The maximum absolute atomic E-state index is 9.39. The lowest BCUT2D eigenvalue weighted by molar-refractivity contribution is 0.142. The molecule has 1 saturated carbocycles. The highest BCUT2D eigenvalue weighted by molar-refractivity contribution is 5.22. The summed E-state index contributed by atoms with van der Waals surface area (Å²) in [5.74, 6) is 0. The minimum absolute atomic E-state index is 0. The van der Waals surface area contributed by atoms with E-state index in [4.69, 9.17) is 5.11 Å². The highest BCUT2D eigenvalue weighted by Crippen LogP contribution is 2.25. The van der Waals surface area contributed by atoms with Gasteiger partial charge in [0.05, 0.1) is 6.10 Å². The first-order valence-corrected chi connectivity index (χ1v) is 10.7. The van der Waals surface area contributed by atoms with E-state index in [0.717, 1.165) is 31.1 Å². The maximum atomic E-state index is 9.39. The summed E-state index contributed by atoms with van der Waals surface area (Å²) in [5.41, 5.74) is 1.11. The molecule has 2 fully saturated rings. The molecule has 1 aliphatic carbocycles. The third-order valence-electron chi connectivity index (χ3n) is 4.40. The van der Waals surface area contributed by atoms with Crippen molar-refractivity contribution in [2.75, 3.05) is 19.7 Å². The van der Waals surface area contributed by atoms with Crippen LogP contribution in [0.1, 0.15) is 87.0 Å². The molecule has 1 aliphatic heterocycles. The second-order valence-corrected chi connectivity index (χ2v) is 6.18. The number of nitrogens with zero attached hydrogens (tertiary/aromatic N) is 1. The van der Waals surface area contributed by atoms with Crippen LogP contribution < -0.4 is 0 Å². The molecule has 0 radical (unpaired) electrons. The highest BCUT2D eigenvalue weighted by Gasteiger charge is 2.27. The van der Waals surface area contributed by atoms with Crippen molar-refractivity contribution >= 4 is 0 Å². The number of β-amino-alcohol motifs (C(OH)–C–C–N with tert-alkyl or cyclic N) is 1. The number of hydrogen-bond donors (Lipinski definition) is 2. The van der Waals surface area contributed by atoms with Crippen molar-refractivity contribution in [3.05, 3.63) is 36.5 Å². The van der Waals surface area contributed by atoms with Gasteiger partial charge in [-0.3, -0.25) is 4.90 Å². The number of aliphatic hydroxyl groups excluding tert-OH is 2. The van der Waals surface area contributed by atoms with E-state index < -0.39 is 0 Å². The molecule has 2 rings (SSSR count). The summed E-state index contributed by atoms with van der Waals surface area (Å²) < 4.78 is 0. The number of hydrogen-bond acceptors (Lipinski definition) is 3. The van der Waals surface area contributed by atoms with Crippen LogP contribution in [0.15, 0.2) is 36.5 Å². The van der Waals surface area contributed by atoms with E-state index >= 15 is 0 Å². The number of aliphatic hydroxyl groups is 2. The Balaban J connectivity index is -0.000000354. The molecule has 0 bridgehead atoms. The first-order valence-electron chi connectivity index (χ1n) is 10.7. The van der Waals surface area contributed by atoms with Crippen LogP contribution in [0.4, 0.5) is 0 Å². The topological polar surface area (TPSA) is 43.7 Å². The Morgan fingerprint density at radius 2 is 1.67 bits per heavy atom. The van der Waals surface area contributed by atoms with Crippen molar-refractivity contribution in [1.82, 2.24) is 4.90 Å². The van der Waals surface area contributed by atoms with Crippen molar-refractivity contribution in [2.24, 2.45) is 0 Å². The summed E-state index contributed by atoms with van der Waals surface area (Å²) in [5, 5.41) is 18.0. The Morgan fingerprint density at radius 3 is 2.07 bits per heavy atom. The molecule has 3 heteroatoms. The molecule has 27 heavy (non-hydrogen) atoms. The van der Waals surface area contributed by atoms with Gasteiger partial charge in [-0.05, 0) is 38.2 Å². The van der Waals surface area contributed by atoms with Crippen molar-refractivity contribution in [3.63, 3.8) is 0 Å². The van der Waals surface area contributed by atoms with Gasteiger partial charge in [-0.1, -0.05) is 85.3 Å². The molecule has 162 valence electrons. The largest absolute Gasteiger partial charge is 0.396 e. The van der Waals surface area contributed by atoms with Crippen LogP contribution in [-0.2, 0) is 0 Å². The summed E-state index contributed by atoms with van der Waals surface area (Å²) in [4.78, 5) is 2.49. The van der Waals surface area contributed by atoms with Gasteiger partial charge in [0.2, 0.25) is 0 Å². The van der Waals surface area contributed by atoms with Crippen LogP contribution in [0.5, 0.6) is 0 Å². The molecule has 0 spiro atoms. The molecule has 0 aromatic rings. The molecule has 0 aromatic heterocycles. The summed E-state index contributed by atoms with van der Waals surface area (Å²) in [7, 11) is 0. The van der Waals surface area contributed by atoms with Gasteiger partial charge in [0.1, 0.15) is 0 Å². The van der Waals surface area contributed by atoms with Crippen LogP contribution in [0.25, 0.3) is 0 Å². The van der Waals surface area contributed by atoms with E-state index in [2.05, 4.69) is 11.5 Å².